The smallest absolute Gasteiger partial charge is 0.269 e. The van der Waals surface area contributed by atoms with Crippen molar-refractivity contribution in [1.29, 1.82) is 0 Å². The molecule has 0 saturated heterocycles. The molecular weight excluding hydrogens is 353 g/mol. The fourth-order valence-electron chi connectivity index (χ4n) is 2.18. The summed E-state index contributed by atoms with van der Waals surface area (Å²) < 4.78 is 5.11. The lowest BCUT2D eigenvalue weighted by molar-refractivity contribution is -0.125. The van der Waals surface area contributed by atoms with Crippen molar-refractivity contribution in [3.05, 3.63) is 52.1 Å². The van der Waals surface area contributed by atoms with E-state index >= 15 is 0 Å². The maximum absolute atomic E-state index is 12.3. The highest BCUT2D eigenvalue weighted by Gasteiger charge is 2.29. The predicted molar refractivity (Wildman–Crippen MR) is 91.9 cm³/mol. The molecule has 3 rings (SSSR count). The van der Waals surface area contributed by atoms with Crippen LogP contribution in [0.25, 0.3) is 0 Å². The molecule has 1 aromatic carbocycles. The number of anilines is 1. The Kier molecular flexibility index (Phi) is 4.87. The number of carbonyl (C=O) groups is 1. The molecule has 1 aromatic heterocycles. The lowest BCUT2D eigenvalue weighted by atomic mass is 10.0. The molecule has 2 heterocycles. The summed E-state index contributed by atoms with van der Waals surface area (Å²) in [6.07, 6.45) is 1.01. The van der Waals surface area contributed by atoms with Crippen LogP contribution in [0.2, 0.25) is 10.0 Å². The van der Waals surface area contributed by atoms with Gasteiger partial charge in [-0.05, 0) is 35.9 Å². The van der Waals surface area contributed by atoms with E-state index in [4.69, 9.17) is 32.8 Å². The Bertz CT molecular complexity index is 794. The molecule has 1 N–H and O–H groups in total. The van der Waals surface area contributed by atoms with E-state index < -0.39 is 6.10 Å². The molecule has 24 heavy (non-hydrogen) atoms. The maximum Gasteiger partial charge on any atom is 0.269 e. The van der Waals surface area contributed by atoms with E-state index in [0.717, 1.165) is 11.3 Å². The molecule has 6 nitrogen and oxygen atoms in total. The predicted octanol–water partition coefficient (Wildman–Crippen LogP) is 3.53. The number of aromatic nitrogens is 1. The molecule has 0 saturated carbocycles. The highest BCUT2D eigenvalue weighted by molar-refractivity contribution is 6.36. The number of hydrogen-bond donors (Lipinski definition) is 1. The first-order valence-corrected chi connectivity index (χ1v) is 7.81. The van der Waals surface area contributed by atoms with Crippen LogP contribution in [0.1, 0.15) is 12.0 Å². The summed E-state index contributed by atoms with van der Waals surface area (Å²) in [7, 11) is 1.60. The van der Waals surface area contributed by atoms with Crippen molar-refractivity contribution in [3.8, 4) is 5.75 Å². The number of amides is 1. The van der Waals surface area contributed by atoms with E-state index in [1.54, 1.807) is 7.11 Å². The monoisotopic (exact) mass is 365 g/mol. The van der Waals surface area contributed by atoms with Gasteiger partial charge in [-0.3, -0.25) is 4.79 Å². The number of halogens is 2. The third-order valence-corrected chi connectivity index (χ3v) is 3.93. The molecule has 0 radical (unpaired) electrons. The number of benzene rings is 1. The molecule has 124 valence electrons. The van der Waals surface area contributed by atoms with Gasteiger partial charge in [-0.2, -0.15) is 0 Å². The number of methoxy groups -OCH3 is 1. The van der Waals surface area contributed by atoms with Gasteiger partial charge in [0.05, 0.1) is 22.9 Å². The number of rotatable bonds is 4. The topological polar surface area (TPSA) is 72.8 Å². The highest BCUT2D eigenvalue weighted by Crippen LogP contribution is 2.24. The third kappa shape index (κ3) is 3.60. The molecule has 8 heteroatoms. The van der Waals surface area contributed by atoms with Crippen LogP contribution in [-0.2, 0) is 9.63 Å². The average Bonchev–Trinajstić information content (AvgIpc) is 3.07. The summed E-state index contributed by atoms with van der Waals surface area (Å²) in [6.45, 7) is 0. The molecule has 0 fully saturated rings. The zero-order chi connectivity index (χ0) is 17.1. The minimum atomic E-state index is -0.740. The normalized spacial score (nSPS) is 16.3. The van der Waals surface area contributed by atoms with Crippen molar-refractivity contribution < 1.29 is 14.4 Å². The first-order chi connectivity index (χ1) is 11.6. The van der Waals surface area contributed by atoms with Crippen LogP contribution >= 0.6 is 23.2 Å². The Labute approximate surface area is 148 Å². The number of carbonyl (C=O) groups excluding carboxylic acids is 1. The van der Waals surface area contributed by atoms with Crippen molar-refractivity contribution in [1.82, 2.24) is 4.98 Å². The summed E-state index contributed by atoms with van der Waals surface area (Å²) >= 11 is 11.8. The number of nitrogens with zero attached hydrogens (tertiary/aromatic N) is 2. The Morgan fingerprint density at radius 3 is 2.75 bits per heavy atom. The van der Waals surface area contributed by atoms with E-state index in [9.17, 15) is 4.79 Å². The van der Waals surface area contributed by atoms with Gasteiger partial charge in [0, 0.05) is 12.6 Å². The largest absolute Gasteiger partial charge is 0.497 e. The van der Waals surface area contributed by atoms with E-state index in [1.807, 2.05) is 24.3 Å². The Morgan fingerprint density at radius 1 is 1.33 bits per heavy atom. The van der Waals surface area contributed by atoms with Crippen LogP contribution in [0, 0.1) is 0 Å². The molecule has 0 spiro atoms. The second-order valence-electron chi connectivity index (χ2n) is 5.04. The second-order valence-corrected chi connectivity index (χ2v) is 5.88. The van der Waals surface area contributed by atoms with Gasteiger partial charge in [0.1, 0.15) is 5.75 Å². The first kappa shape index (κ1) is 16.5. The van der Waals surface area contributed by atoms with Crippen LogP contribution in [0.15, 0.2) is 41.7 Å². The Balaban J connectivity index is 1.64. The number of ether oxygens (including phenoxy) is 1. The molecule has 1 aliphatic heterocycles. The van der Waals surface area contributed by atoms with Crippen LogP contribution in [0.5, 0.6) is 5.75 Å². The highest BCUT2D eigenvalue weighted by atomic mass is 35.5. The van der Waals surface area contributed by atoms with Crippen LogP contribution in [0.3, 0.4) is 0 Å². The molecule has 1 amide bonds. The van der Waals surface area contributed by atoms with Crippen LogP contribution < -0.4 is 10.1 Å². The lowest BCUT2D eigenvalue weighted by Gasteiger charge is -2.10. The molecular formula is C16H13Cl2N3O3. The van der Waals surface area contributed by atoms with Crippen molar-refractivity contribution >= 4 is 40.6 Å². The van der Waals surface area contributed by atoms with Gasteiger partial charge in [0.2, 0.25) is 6.10 Å². The summed E-state index contributed by atoms with van der Waals surface area (Å²) in [5.74, 6) is 0.600. The maximum atomic E-state index is 12.3. The van der Waals surface area contributed by atoms with Gasteiger partial charge < -0.3 is 14.9 Å². The summed E-state index contributed by atoms with van der Waals surface area (Å²) in [6, 6.07) is 8.86. The zero-order valence-corrected chi connectivity index (χ0v) is 14.1. The number of pyridine rings is 1. The molecule has 1 atom stereocenters. The number of hydrogen-bond acceptors (Lipinski definition) is 5. The molecule has 1 aliphatic rings. The standard InChI is InChI=1S/C16H13Cl2N3O3/c1-23-11-4-2-9(3-5-11)13-7-14(24-21-13)16(22)20-15-12(18)6-10(17)8-19-15/h2-6,8,14H,7H2,1H3,(H,19,20,22). The van der Waals surface area contributed by atoms with E-state index in [0.29, 0.717) is 17.2 Å². The minimum absolute atomic E-state index is 0.229. The van der Waals surface area contributed by atoms with Crippen molar-refractivity contribution in [3.63, 3.8) is 0 Å². The summed E-state index contributed by atoms with van der Waals surface area (Å²) in [5.41, 5.74) is 1.56. The Morgan fingerprint density at radius 2 is 2.08 bits per heavy atom. The SMILES string of the molecule is COc1ccc(C2=NOC(C(=O)Nc3ncc(Cl)cc3Cl)C2)cc1. The quantitative estimate of drug-likeness (QED) is 0.899. The minimum Gasteiger partial charge on any atom is -0.497 e. The molecule has 1 unspecified atom stereocenters. The summed E-state index contributed by atoms with van der Waals surface area (Å²) in [5, 5.41) is 7.24. The zero-order valence-electron chi connectivity index (χ0n) is 12.6. The van der Waals surface area contributed by atoms with Crippen molar-refractivity contribution in [2.45, 2.75) is 12.5 Å². The second kappa shape index (κ2) is 7.07. The van der Waals surface area contributed by atoms with Gasteiger partial charge in [0.15, 0.2) is 5.82 Å². The van der Waals surface area contributed by atoms with Gasteiger partial charge in [-0.25, -0.2) is 4.98 Å². The van der Waals surface area contributed by atoms with E-state index in [2.05, 4.69) is 15.5 Å². The molecule has 0 bridgehead atoms. The molecule has 2 aromatic rings. The number of oxime groups is 1. The van der Waals surface area contributed by atoms with E-state index in [-0.39, 0.29) is 16.7 Å². The first-order valence-electron chi connectivity index (χ1n) is 7.06. The van der Waals surface area contributed by atoms with Crippen molar-refractivity contribution in [2.24, 2.45) is 5.16 Å². The lowest BCUT2D eigenvalue weighted by Crippen LogP contribution is -2.28. The number of nitrogens with one attached hydrogen (secondary N) is 1. The van der Waals surface area contributed by atoms with Gasteiger partial charge in [-0.15, -0.1) is 0 Å². The fourth-order valence-corrected chi connectivity index (χ4v) is 2.60. The Hall–Kier alpha value is -2.31. The van der Waals surface area contributed by atoms with Gasteiger partial charge in [-0.1, -0.05) is 28.4 Å². The van der Waals surface area contributed by atoms with Gasteiger partial charge >= 0.3 is 0 Å². The average molecular weight is 366 g/mol. The van der Waals surface area contributed by atoms with Crippen LogP contribution in [0.4, 0.5) is 5.82 Å². The van der Waals surface area contributed by atoms with Crippen molar-refractivity contribution in [2.75, 3.05) is 12.4 Å². The van der Waals surface area contributed by atoms with Crippen LogP contribution in [-0.4, -0.2) is 29.8 Å². The van der Waals surface area contributed by atoms with Gasteiger partial charge in [0.25, 0.3) is 5.91 Å². The third-order valence-electron chi connectivity index (χ3n) is 3.43. The van der Waals surface area contributed by atoms with E-state index in [1.165, 1.54) is 12.3 Å². The molecule has 0 aliphatic carbocycles. The summed E-state index contributed by atoms with van der Waals surface area (Å²) in [4.78, 5) is 21.5. The fraction of sp³-hybridized carbons (Fsp3) is 0.188.